The first kappa shape index (κ1) is 29.9. The van der Waals surface area contributed by atoms with Gasteiger partial charge in [-0.25, -0.2) is 0 Å². The Bertz CT molecular complexity index is 513. The predicted molar refractivity (Wildman–Crippen MR) is 119 cm³/mol. The summed E-state index contributed by atoms with van der Waals surface area (Å²) in [6.07, 6.45) is 7.55. The third-order valence-corrected chi connectivity index (χ3v) is 2.53. The van der Waals surface area contributed by atoms with Crippen molar-refractivity contribution in [3.8, 4) is 0 Å². The van der Waals surface area contributed by atoms with Gasteiger partial charge in [-0.15, -0.1) is 0 Å². The van der Waals surface area contributed by atoms with E-state index in [0.717, 1.165) is 10.4 Å². The zero-order valence-electron chi connectivity index (χ0n) is 17.4. The van der Waals surface area contributed by atoms with Crippen LogP contribution in [0.5, 0.6) is 0 Å². The molecule has 0 amide bonds. The van der Waals surface area contributed by atoms with Gasteiger partial charge >= 0.3 is 0 Å². The second-order valence-corrected chi connectivity index (χ2v) is 3.93. The molecule has 1 rings (SSSR count). The van der Waals surface area contributed by atoms with Crippen molar-refractivity contribution in [3.63, 3.8) is 0 Å². The van der Waals surface area contributed by atoms with Crippen LogP contribution < -0.4 is 10.4 Å². The Hall–Kier alpha value is -2.08. The van der Waals surface area contributed by atoms with Gasteiger partial charge in [0.15, 0.2) is 0 Å². The smallest absolute Gasteiger partial charge is 0.0262 e. The molecule has 0 aromatic heterocycles. The van der Waals surface area contributed by atoms with Gasteiger partial charge in [0.2, 0.25) is 0 Å². The first-order valence-corrected chi connectivity index (χ1v) is 8.84. The third-order valence-electron chi connectivity index (χ3n) is 2.53. The topological polar surface area (TPSA) is 0 Å². The molecule has 0 saturated heterocycles. The Balaban J connectivity index is -0.000000128. The van der Waals surface area contributed by atoms with Gasteiger partial charge in [0.05, 0.1) is 0 Å². The molecule has 0 nitrogen and oxygen atoms in total. The first-order chi connectivity index (χ1) is 11.5. The second kappa shape index (κ2) is 25.9. The molecule has 0 radical (unpaired) electrons. The highest BCUT2D eigenvalue weighted by atomic mass is 13.9. The molecule has 0 unspecified atom stereocenters. The molecule has 0 atom stereocenters. The molecule has 0 bridgehead atoms. The Kier molecular flexibility index (Phi) is 32.2. The Labute approximate surface area is 152 Å². The second-order valence-electron chi connectivity index (χ2n) is 3.93. The Morgan fingerprint density at radius 1 is 0.750 bits per heavy atom. The molecule has 0 saturated carbocycles. The van der Waals surface area contributed by atoms with Crippen LogP contribution in [0.15, 0.2) is 72.9 Å². The van der Waals surface area contributed by atoms with E-state index in [4.69, 9.17) is 0 Å². The zero-order chi connectivity index (χ0) is 20.0. The fourth-order valence-electron chi connectivity index (χ4n) is 1.06. The highest BCUT2D eigenvalue weighted by molar-refractivity contribution is 5.30. The van der Waals surface area contributed by atoms with Crippen LogP contribution in [0.3, 0.4) is 0 Å². The minimum Gasteiger partial charge on any atom is -0.0991 e. The van der Waals surface area contributed by atoms with Gasteiger partial charge in [-0.05, 0) is 35.4 Å². The normalized spacial score (nSPS) is 9.17. The van der Waals surface area contributed by atoms with E-state index in [-0.39, 0.29) is 0 Å². The van der Waals surface area contributed by atoms with Crippen LogP contribution in [0.25, 0.3) is 13.2 Å². The number of rotatable bonds is 3. The molecule has 0 heterocycles. The van der Waals surface area contributed by atoms with E-state index < -0.39 is 0 Å². The molecule has 1 aromatic carbocycles. The average Bonchev–Trinajstić information content (AvgIpc) is 2.67. The highest BCUT2D eigenvalue weighted by Gasteiger charge is 1.84. The standard InChI is InChI=1S/C10H14.C8H8.3C2H6/c1-5-7-8-10(4)9(3)6-2;1-7-5-3-4-6-8(7)2;3*1-2/h5-8H,1-2H2,3-4H3;3-6H,1-2H2;3*1-2H3/b8-7-,10-9-;;;;. The van der Waals surface area contributed by atoms with Gasteiger partial charge in [-0.3, -0.25) is 0 Å². The average molecular weight is 329 g/mol. The van der Waals surface area contributed by atoms with Crippen molar-refractivity contribution in [2.45, 2.75) is 55.4 Å². The van der Waals surface area contributed by atoms with E-state index in [9.17, 15) is 0 Å². The molecule has 136 valence electrons. The number of allylic oxidation sites excluding steroid dienone is 6. The molecule has 24 heavy (non-hydrogen) atoms. The molecule has 0 aliphatic carbocycles. The van der Waals surface area contributed by atoms with E-state index >= 15 is 0 Å². The van der Waals surface area contributed by atoms with Crippen molar-refractivity contribution in [2.24, 2.45) is 0 Å². The van der Waals surface area contributed by atoms with Crippen LogP contribution in [-0.4, -0.2) is 0 Å². The lowest BCUT2D eigenvalue weighted by Crippen LogP contribution is -2.19. The maximum absolute atomic E-state index is 3.76. The van der Waals surface area contributed by atoms with Crippen LogP contribution in [0, 0.1) is 0 Å². The summed E-state index contributed by atoms with van der Waals surface area (Å²) in [6, 6.07) is 7.80. The molecule has 0 N–H and O–H groups in total. The Morgan fingerprint density at radius 2 is 1.12 bits per heavy atom. The maximum Gasteiger partial charge on any atom is -0.0262 e. The van der Waals surface area contributed by atoms with Gasteiger partial charge in [0.1, 0.15) is 0 Å². The van der Waals surface area contributed by atoms with Crippen LogP contribution in [-0.2, 0) is 0 Å². The molecule has 0 fully saturated rings. The number of hydrogen-bond donors (Lipinski definition) is 0. The lowest BCUT2D eigenvalue weighted by Gasteiger charge is -1.93. The van der Waals surface area contributed by atoms with Crippen molar-refractivity contribution in [1.29, 1.82) is 0 Å². The van der Waals surface area contributed by atoms with Crippen molar-refractivity contribution in [1.82, 2.24) is 0 Å². The van der Waals surface area contributed by atoms with Crippen molar-refractivity contribution in [3.05, 3.63) is 83.3 Å². The molecule has 0 heteroatoms. The molecular formula is C24H40. The summed E-state index contributed by atoms with van der Waals surface area (Å²) < 4.78 is 0. The molecule has 0 aliphatic heterocycles. The first-order valence-electron chi connectivity index (χ1n) is 8.84. The van der Waals surface area contributed by atoms with Crippen LogP contribution in [0.1, 0.15) is 55.4 Å². The zero-order valence-corrected chi connectivity index (χ0v) is 17.4. The van der Waals surface area contributed by atoms with Crippen molar-refractivity contribution >= 4 is 13.2 Å². The maximum atomic E-state index is 3.76. The Morgan fingerprint density at radius 3 is 1.38 bits per heavy atom. The highest BCUT2D eigenvalue weighted by Crippen LogP contribution is 2.04. The SMILES string of the molecule is C=C/C=C\C(C)=C(\C)C=C.C=c1ccccc1=C.CC.CC.CC. The van der Waals surface area contributed by atoms with Gasteiger partial charge in [0, 0.05) is 0 Å². The summed E-state index contributed by atoms with van der Waals surface area (Å²) in [5.74, 6) is 0. The van der Waals surface area contributed by atoms with Gasteiger partial charge < -0.3 is 0 Å². The predicted octanol–water partition coefficient (Wildman–Crippen LogP) is 6.84. The quantitative estimate of drug-likeness (QED) is 0.533. The monoisotopic (exact) mass is 328 g/mol. The van der Waals surface area contributed by atoms with Gasteiger partial charge in [-0.1, -0.05) is 116 Å². The summed E-state index contributed by atoms with van der Waals surface area (Å²) in [7, 11) is 0. The summed E-state index contributed by atoms with van der Waals surface area (Å²) >= 11 is 0. The lowest BCUT2D eigenvalue weighted by atomic mass is 10.1. The number of benzene rings is 1. The van der Waals surface area contributed by atoms with E-state index in [1.165, 1.54) is 11.1 Å². The van der Waals surface area contributed by atoms with Crippen LogP contribution in [0.4, 0.5) is 0 Å². The summed E-state index contributed by atoms with van der Waals surface area (Å²) in [5, 5.41) is 2.01. The van der Waals surface area contributed by atoms with E-state index in [1.807, 2.05) is 91.0 Å². The van der Waals surface area contributed by atoms with Gasteiger partial charge in [-0.2, -0.15) is 0 Å². The van der Waals surface area contributed by atoms with Gasteiger partial charge in [0.25, 0.3) is 0 Å². The minimum atomic E-state index is 1.01. The largest absolute Gasteiger partial charge is 0.0991 e. The molecule has 1 aromatic rings. The van der Waals surface area contributed by atoms with Crippen LogP contribution in [0.2, 0.25) is 0 Å². The van der Waals surface area contributed by atoms with Crippen LogP contribution >= 0.6 is 0 Å². The molecule has 0 spiro atoms. The van der Waals surface area contributed by atoms with E-state index in [0.29, 0.717) is 0 Å². The van der Waals surface area contributed by atoms with Crippen molar-refractivity contribution < 1.29 is 0 Å². The van der Waals surface area contributed by atoms with E-state index in [2.05, 4.69) is 33.2 Å². The molecular weight excluding hydrogens is 288 g/mol. The fraction of sp³-hybridized carbons (Fsp3) is 0.333. The lowest BCUT2D eigenvalue weighted by molar-refractivity contribution is 1.38. The number of hydrogen-bond acceptors (Lipinski definition) is 0. The fourth-order valence-corrected chi connectivity index (χ4v) is 1.06. The summed E-state index contributed by atoms with van der Waals surface area (Å²) in [4.78, 5) is 0. The molecule has 0 aliphatic rings. The van der Waals surface area contributed by atoms with E-state index in [1.54, 1.807) is 6.08 Å². The third kappa shape index (κ3) is 19.9. The summed E-state index contributed by atoms with van der Waals surface area (Å²) in [5.41, 5.74) is 2.44. The summed E-state index contributed by atoms with van der Waals surface area (Å²) in [6.45, 7) is 30.9. The minimum absolute atomic E-state index is 1.01. The van der Waals surface area contributed by atoms with Crippen molar-refractivity contribution in [2.75, 3.05) is 0 Å².